The van der Waals surface area contributed by atoms with Crippen LogP contribution >= 0.6 is 0 Å². The maximum absolute atomic E-state index is 11.9. The smallest absolute Gasteiger partial charge is 0.221 e. The Morgan fingerprint density at radius 3 is 2.71 bits per heavy atom. The minimum Gasteiger partial charge on any atom is -0.353 e. The largest absolute Gasteiger partial charge is 0.353 e. The van der Waals surface area contributed by atoms with Gasteiger partial charge in [-0.1, -0.05) is 6.92 Å². The van der Waals surface area contributed by atoms with Gasteiger partial charge in [0.05, 0.1) is 0 Å². The number of nitrogens with one attached hydrogen (secondary N) is 2. The summed E-state index contributed by atoms with van der Waals surface area (Å²) < 4.78 is 0. The number of hydrogen-bond donors (Lipinski definition) is 2. The number of hydrogen-bond acceptors (Lipinski definition) is 3. The van der Waals surface area contributed by atoms with Crippen molar-refractivity contribution in [2.24, 2.45) is 0 Å². The van der Waals surface area contributed by atoms with Gasteiger partial charge in [0.25, 0.3) is 0 Å². The molecule has 2 N–H and O–H groups in total. The molecule has 0 bridgehead atoms. The molecule has 2 aliphatic rings. The normalized spacial score (nSPS) is 27.2. The molecule has 0 aromatic heterocycles. The van der Waals surface area contributed by atoms with Crippen LogP contribution in [0.1, 0.15) is 39.0 Å². The zero-order chi connectivity index (χ0) is 12.1. The number of likely N-dealkylation sites (tertiary alicyclic amines) is 1. The number of carbonyl (C=O) groups excluding carboxylic acids is 1. The molecule has 1 unspecified atom stereocenters. The molecule has 0 spiro atoms. The number of rotatable bonds is 4. The lowest BCUT2D eigenvalue weighted by Crippen LogP contribution is -2.45. The third-order valence-corrected chi connectivity index (χ3v) is 3.99. The summed E-state index contributed by atoms with van der Waals surface area (Å²) in [4.78, 5) is 14.3. The van der Waals surface area contributed by atoms with E-state index >= 15 is 0 Å². The van der Waals surface area contributed by atoms with E-state index in [-0.39, 0.29) is 5.91 Å². The van der Waals surface area contributed by atoms with Gasteiger partial charge in [-0.25, -0.2) is 0 Å². The average molecular weight is 239 g/mol. The molecular weight excluding hydrogens is 214 g/mol. The van der Waals surface area contributed by atoms with Gasteiger partial charge in [-0.05, 0) is 38.8 Å². The Balaban J connectivity index is 1.65. The standard InChI is InChI=1S/C13H25N3O/c1-2-16-8-5-11(6-9-16)15-13(17)10-12-4-3-7-14-12/h11-12,14H,2-10H2,1H3,(H,15,17). The highest BCUT2D eigenvalue weighted by Gasteiger charge is 2.22. The lowest BCUT2D eigenvalue weighted by molar-refractivity contribution is -0.122. The lowest BCUT2D eigenvalue weighted by atomic mass is 10.0. The van der Waals surface area contributed by atoms with Crippen LogP contribution in [0.25, 0.3) is 0 Å². The number of amides is 1. The molecule has 1 atom stereocenters. The molecule has 2 rings (SSSR count). The van der Waals surface area contributed by atoms with Crippen molar-refractivity contribution in [2.75, 3.05) is 26.2 Å². The molecule has 1 amide bonds. The van der Waals surface area contributed by atoms with Gasteiger partial charge in [0.1, 0.15) is 0 Å². The van der Waals surface area contributed by atoms with Crippen molar-refractivity contribution < 1.29 is 4.79 Å². The van der Waals surface area contributed by atoms with Gasteiger partial charge in [-0.15, -0.1) is 0 Å². The summed E-state index contributed by atoms with van der Waals surface area (Å²) in [6.07, 6.45) is 5.25. The summed E-state index contributed by atoms with van der Waals surface area (Å²) in [5.41, 5.74) is 0. The van der Waals surface area contributed by atoms with Gasteiger partial charge in [0, 0.05) is 31.6 Å². The third kappa shape index (κ3) is 3.96. The molecule has 2 heterocycles. The van der Waals surface area contributed by atoms with Crippen molar-refractivity contribution in [1.82, 2.24) is 15.5 Å². The molecule has 0 aromatic rings. The van der Waals surface area contributed by atoms with Crippen molar-refractivity contribution in [1.29, 1.82) is 0 Å². The first-order valence-corrected chi connectivity index (χ1v) is 7.03. The summed E-state index contributed by atoms with van der Waals surface area (Å²) in [6, 6.07) is 0.831. The molecule has 0 aromatic carbocycles. The topological polar surface area (TPSA) is 44.4 Å². The van der Waals surface area contributed by atoms with Gasteiger partial charge < -0.3 is 15.5 Å². The van der Waals surface area contributed by atoms with Crippen LogP contribution in [0, 0.1) is 0 Å². The Bertz CT molecular complexity index is 243. The lowest BCUT2D eigenvalue weighted by Gasteiger charge is -2.31. The van der Waals surface area contributed by atoms with Crippen LogP contribution in [0.2, 0.25) is 0 Å². The van der Waals surface area contributed by atoms with E-state index in [0.29, 0.717) is 18.5 Å². The van der Waals surface area contributed by atoms with Gasteiger partial charge in [-0.2, -0.15) is 0 Å². The van der Waals surface area contributed by atoms with Crippen LogP contribution in [0.5, 0.6) is 0 Å². The van der Waals surface area contributed by atoms with Crippen LogP contribution in [0.3, 0.4) is 0 Å². The number of carbonyl (C=O) groups is 1. The maximum Gasteiger partial charge on any atom is 0.221 e. The van der Waals surface area contributed by atoms with Crippen molar-refractivity contribution in [3.05, 3.63) is 0 Å². The fourth-order valence-electron chi connectivity index (χ4n) is 2.83. The molecule has 4 nitrogen and oxygen atoms in total. The third-order valence-electron chi connectivity index (χ3n) is 3.99. The molecule has 2 saturated heterocycles. The van der Waals surface area contributed by atoms with Crippen LogP contribution in [-0.2, 0) is 4.79 Å². The Hall–Kier alpha value is -0.610. The van der Waals surface area contributed by atoms with E-state index < -0.39 is 0 Å². The number of piperidine rings is 1. The predicted molar refractivity (Wildman–Crippen MR) is 68.9 cm³/mol. The van der Waals surface area contributed by atoms with Gasteiger partial charge >= 0.3 is 0 Å². The van der Waals surface area contributed by atoms with E-state index in [1.54, 1.807) is 0 Å². The first kappa shape index (κ1) is 12.8. The van der Waals surface area contributed by atoms with E-state index in [9.17, 15) is 4.79 Å². The SMILES string of the molecule is CCN1CCC(NC(=O)CC2CCCN2)CC1. The minimum absolute atomic E-state index is 0.236. The fourth-order valence-corrected chi connectivity index (χ4v) is 2.83. The van der Waals surface area contributed by atoms with E-state index in [1.165, 1.54) is 6.42 Å². The second-order valence-electron chi connectivity index (χ2n) is 5.27. The molecule has 0 aliphatic carbocycles. The number of nitrogens with zero attached hydrogens (tertiary/aromatic N) is 1. The Morgan fingerprint density at radius 2 is 2.12 bits per heavy atom. The molecule has 2 aliphatic heterocycles. The van der Waals surface area contributed by atoms with Crippen molar-refractivity contribution in [2.45, 2.75) is 51.1 Å². The Morgan fingerprint density at radius 1 is 1.35 bits per heavy atom. The highest BCUT2D eigenvalue weighted by molar-refractivity contribution is 5.76. The second kappa shape index (κ2) is 6.36. The van der Waals surface area contributed by atoms with Crippen LogP contribution in [0.4, 0.5) is 0 Å². The monoisotopic (exact) mass is 239 g/mol. The molecule has 2 fully saturated rings. The maximum atomic E-state index is 11.9. The van der Waals surface area contributed by atoms with Crippen LogP contribution in [-0.4, -0.2) is 49.1 Å². The van der Waals surface area contributed by atoms with Gasteiger partial charge in [0.2, 0.25) is 5.91 Å². The zero-order valence-electron chi connectivity index (χ0n) is 10.9. The molecule has 4 heteroatoms. The second-order valence-corrected chi connectivity index (χ2v) is 5.27. The summed E-state index contributed by atoms with van der Waals surface area (Å²) in [5.74, 6) is 0.236. The Labute approximate surface area is 104 Å². The quantitative estimate of drug-likeness (QED) is 0.760. The summed E-state index contributed by atoms with van der Waals surface area (Å²) in [7, 11) is 0. The van der Waals surface area contributed by atoms with E-state index in [0.717, 1.165) is 45.4 Å². The first-order valence-electron chi connectivity index (χ1n) is 7.03. The van der Waals surface area contributed by atoms with Crippen molar-refractivity contribution in [3.63, 3.8) is 0 Å². The highest BCUT2D eigenvalue weighted by Crippen LogP contribution is 2.12. The molecule has 0 saturated carbocycles. The van der Waals surface area contributed by atoms with Gasteiger partial charge in [0.15, 0.2) is 0 Å². The van der Waals surface area contributed by atoms with Gasteiger partial charge in [-0.3, -0.25) is 4.79 Å². The minimum atomic E-state index is 0.236. The molecular formula is C13H25N3O. The van der Waals surface area contributed by atoms with E-state index in [2.05, 4.69) is 22.5 Å². The molecule has 17 heavy (non-hydrogen) atoms. The predicted octanol–water partition coefficient (Wildman–Crippen LogP) is 0.729. The molecule has 98 valence electrons. The summed E-state index contributed by atoms with van der Waals surface area (Å²) in [6.45, 7) is 6.66. The van der Waals surface area contributed by atoms with Crippen molar-refractivity contribution >= 4 is 5.91 Å². The van der Waals surface area contributed by atoms with E-state index in [1.807, 2.05) is 0 Å². The van der Waals surface area contributed by atoms with Crippen LogP contribution < -0.4 is 10.6 Å². The van der Waals surface area contributed by atoms with E-state index in [4.69, 9.17) is 0 Å². The van der Waals surface area contributed by atoms with Crippen molar-refractivity contribution in [3.8, 4) is 0 Å². The molecule has 0 radical (unpaired) electrons. The summed E-state index contributed by atoms with van der Waals surface area (Å²) in [5, 5.41) is 6.56. The Kier molecular flexibility index (Phi) is 4.80. The van der Waals surface area contributed by atoms with Crippen LogP contribution in [0.15, 0.2) is 0 Å². The summed E-state index contributed by atoms with van der Waals surface area (Å²) >= 11 is 0. The average Bonchev–Trinajstić information content (AvgIpc) is 2.82. The zero-order valence-corrected chi connectivity index (χ0v) is 10.9. The fraction of sp³-hybridized carbons (Fsp3) is 0.923. The first-order chi connectivity index (χ1) is 8.28. The highest BCUT2D eigenvalue weighted by atomic mass is 16.1.